The molecule has 0 spiro atoms. The molecule has 10 heteroatoms. The zero-order valence-electron chi connectivity index (χ0n) is 25.8. The SMILES string of the molecule is CSc1ccc(S(=O)(=O)N(CC(=O)N(Cc2cccc(Cl)c2)[C@H](Cc2ccccc2)C(=O)NC(C)C)c2ccc(C)cc2)cc1. The first-order valence-electron chi connectivity index (χ1n) is 14.6. The number of rotatable bonds is 13. The van der Waals surface area contributed by atoms with Crippen molar-refractivity contribution in [1.82, 2.24) is 10.2 Å². The van der Waals surface area contributed by atoms with Crippen molar-refractivity contribution in [3.8, 4) is 0 Å². The lowest BCUT2D eigenvalue weighted by Crippen LogP contribution is -2.54. The van der Waals surface area contributed by atoms with Gasteiger partial charge < -0.3 is 10.2 Å². The maximum Gasteiger partial charge on any atom is 0.264 e. The van der Waals surface area contributed by atoms with E-state index in [1.807, 2.05) is 63.4 Å². The molecule has 4 rings (SSSR count). The summed E-state index contributed by atoms with van der Waals surface area (Å²) >= 11 is 7.81. The van der Waals surface area contributed by atoms with Crippen LogP contribution in [0.3, 0.4) is 0 Å². The van der Waals surface area contributed by atoms with Gasteiger partial charge in [-0.3, -0.25) is 13.9 Å². The van der Waals surface area contributed by atoms with Crippen LogP contribution in [0.4, 0.5) is 5.69 Å². The Morgan fingerprint density at radius 2 is 1.51 bits per heavy atom. The summed E-state index contributed by atoms with van der Waals surface area (Å²) in [6.45, 7) is 5.15. The van der Waals surface area contributed by atoms with Crippen LogP contribution in [0, 0.1) is 6.92 Å². The minimum atomic E-state index is -4.17. The third-order valence-electron chi connectivity index (χ3n) is 7.19. The van der Waals surface area contributed by atoms with Gasteiger partial charge >= 0.3 is 0 Å². The number of hydrogen-bond donors (Lipinski definition) is 1. The van der Waals surface area contributed by atoms with E-state index in [0.29, 0.717) is 16.3 Å². The van der Waals surface area contributed by atoms with Crippen LogP contribution in [0.5, 0.6) is 0 Å². The molecular weight excluding hydrogens is 626 g/mol. The molecule has 1 atom stereocenters. The van der Waals surface area contributed by atoms with E-state index in [1.165, 1.54) is 16.7 Å². The third-order valence-corrected chi connectivity index (χ3v) is 9.96. The van der Waals surface area contributed by atoms with Gasteiger partial charge in [0.1, 0.15) is 12.6 Å². The van der Waals surface area contributed by atoms with Crippen LogP contribution in [-0.2, 0) is 32.6 Å². The summed E-state index contributed by atoms with van der Waals surface area (Å²) in [5.74, 6) is -0.860. The number of nitrogens with zero attached hydrogens (tertiary/aromatic N) is 2. The quantitative estimate of drug-likeness (QED) is 0.160. The predicted octanol–water partition coefficient (Wildman–Crippen LogP) is 6.73. The molecule has 0 heterocycles. The van der Waals surface area contributed by atoms with Crippen molar-refractivity contribution < 1.29 is 18.0 Å². The summed E-state index contributed by atoms with van der Waals surface area (Å²) in [6.07, 6.45) is 2.15. The van der Waals surface area contributed by atoms with Crippen molar-refractivity contribution in [2.45, 2.75) is 55.6 Å². The molecule has 0 aliphatic rings. The first kappa shape index (κ1) is 34.1. The van der Waals surface area contributed by atoms with E-state index < -0.39 is 28.5 Å². The minimum Gasteiger partial charge on any atom is -0.352 e. The second kappa shape index (κ2) is 15.5. The van der Waals surface area contributed by atoms with E-state index in [2.05, 4.69) is 5.32 Å². The smallest absolute Gasteiger partial charge is 0.264 e. The number of thioether (sulfide) groups is 1. The topological polar surface area (TPSA) is 86.8 Å². The van der Waals surface area contributed by atoms with Gasteiger partial charge in [-0.25, -0.2) is 8.42 Å². The van der Waals surface area contributed by atoms with Crippen molar-refractivity contribution in [1.29, 1.82) is 0 Å². The molecule has 0 radical (unpaired) electrons. The van der Waals surface area contributed by atoms with Crippen molar-refractivity contribution in [2.24, 2.45) is 0 Å². The first-order valence-corrected chi connectivity index (χ1v) is 17.6. The van der Waals surface area contributed by atoms with Crippen LogP contribution in [0.15, 0.2) is 113 Å². The summed E-state index contributed by atoms with van der Waals surface area (Å²) in [5.41, 5.74) is 2.87. The Balaban J connectivity index is 1.80. The Morgan fingerprint density at radius 3 is 2.11 bits per heavy atom. The molecule has 0 saturated carbocycles. The number of carbonyl (C=O) groups excluding carboxylic acids is 2. The van der Waals surface area contributed by atoms with Crippen LogP contribution in [0.2, 0.25) is 5.02 Å². The number of nitrogens with one attached hydrogen (secondary N) is 1. The van der Waals surface area contributed by atoms with E-state index in [1.54, 1.807) is 66.7 Å². The molecule has 236 valence electrons. The van der Waals surface area contributed by atoms with Gasteiger partial charge in [0.15, 0.2) is 0 Å². The number of carbonyl (C=O) groups is 2. The number of amides is 2. The Bertz CT molecular complexity index is 1700. The second-order valence-corrected chi connectivity index (χ2v) is 14.2. The van der Waals surface area contributed by atoms with Gasteiger partial charge in [-0.2, -0.15) is 0 Å². The predicted molar refractivity (Wildman–Crippen MR) is 183 cm³/mol. The van der Waals surface area contributed by atoms with Gasteiger partial charge in [0.05, 0.1) is 10.6 Å². The van der Waals surface area contributed by atoms with E-state index >= 15 is 0 Å². The molecule has 0 aromatic heterocycles. The first-order chi connectivity index (χ1) is 21.5. The molecule has 0 aliphatic carbocycles. The van der Waals surface area contributed by atoms with Crippen molar-refractivity contribution in [3.63, 3.8) is 0 Å². The highest BCUT2D eigenvalue weighted by atomic mass is 35.5. The number of benzene rings is 4. The Morgan fingerprint density at radius 1 is 0.867 bits per heavy atom. The van der Waals surface area contributed by atoms with Crippen LogP contribution < -0.4 is 9.62 Å². The van der Waals surface area contributed by atoms with Crippen LogP contribution >= 0.6 is 23.4 Å². The van der Waals surface area contributed by atoms with Gasteiger partial charge in [0, 0.05) is 28.9 Å². The van der Waals surface area contributed by atoms with Crippen LogP contribution in [0.25, 0.3) is 0 Å². The van der Waals surface area contributed by atoms with Gasteiger partial charge in [-0.15, -0.1) is 11.8 Å². The van der Waals surface area contributed by atoms with E-state index in [0.717, 1.165) is 20.3 Å². The van der Waals surface area contributed by atoms with Crippen molar-refractivity contribution >= 4 is 50.9 Å². The van der Waals surface area contributed by atoms with E-state index in [-0.39, 0.29) is 29.8 Å². The van der Waals surface area contributed by atoms with Crippen molar-refractivity contribution in [3.05, 3.63) is 125 Å². The molecule has 0 unspecified atom stereocenters. The maximum atomic E-state index is 14.5. The summed E-state index contributed by atoms with van der Waals surface area (Å²) < 4.78 is 29.5. The second-order valence-electron chi connectivity index (χ2n) is 11.0. The summed E-state index contributed by atoms with van der Waals surface area (Å²) in [5, 5.41) is 3.45. The number of sulfonamides is 1. The number of anilines is 1. The van der Waals surface area contributed by atoms with E-state index in [4.69, 9.17) is 11.6 Å². The monoisotopic (exact) mass is 663 g/mol. The summed E-state index contributed by atoms with van der Waals surface area (Å²) in [4.78, 5) is 30.7. The summed E-state index contributed by atoms with van der Waals surface area (Å²) in [7, 11) is -4.17. The number of hydrogen-bond acceptors (Lipinski definition) is 5. The standard InChI is InChI=1S/C35H38ClN3O4S2/c1-25(2)37-35(41)33(22-27-9-6-5-7-10-27)38(23-28-11-8-12-29(36)21-28)34(40)24-39(30-15-13-26(3)14-16-30)45(42,43)32-19-17-31(44-4)18-20-32/h5-21,25,33H,22-24H2,1-4H3,(H,37,41)/t33-/m1/s1. The molecule has 2 amide bonds. The maximum absolute atomic E-state index is 14.5. The molecule has 0 aliphatic heterocycles. The lowest BCUT2D eigenvalue weighted by atomic mass is 10.0. The van der Waals surface area contributed by atoms with Gasteiger partial charge in [-0.05, 0) is 86.7 Å². The normalized spacial score (nSPS) is 12.0. The van der Waals surface area contributed by atoms with Crippen molar-refractivity contribution in [2.75, 3.05) is 17.1 Å². The highest BCUT2D eigenvalue weighted by Crippen LogP contribution is 2.27. The lowest BCUT2D eigenvalue weighted by Gasteiger charge is -2.34. The third kappa shape index (κ3) is 9.12. The molecule has 4 aromatic carbocycles. The largest absolute Gasteiger partial charge is 0.352 e. The fourth-order valence-electron chi connectivity index (χ4n) is 4.88. The fourth-order valence-corrected chi connectivity index (χ4v) is 6.92. The molecule has 0 fully saturated rings. The molecule has 1 N–H and O–H groups in total. The zero-order chi connectivity index (χ0) is 32.6. The minimum absolute atomic E-state index is 0.0482. The van der Waals surface area contributed by atoms with E-state index in [9.17, 15) is 18.0 Å². The van der Waals surface area contributed by atoms with Gasteiger partial charge in [-0.1, -0.05) is 71.8 Å². The highest BCUT2D eigenvalue weighted by Gasteiger charge is 2.34. The average Bonchev–Trinajstić information content (AvgIpc) is 3.02. The Labute approximate surface area is 275 Å². The van der Waals surface area contributed by atoms with Gasteiger partial charge in [0.25, 0.3) is 10.0 Å². The Hall–Kier alpha value is -3.79. The fraction of sp³-hybridized carbons (Fsp3) is 0.257. The Kier molecular flexibility index (Phi) is 11.7. The van der Waals surface area contributed by atoms with Crippen LogP contribution in [-0.4, -0.2) is 50.0 Å². The number of halogens is 1. The average molecular weight is 664 g/mol. The molecule has 4 aromatic rings. The molecule has 0 bridgehead atoms. The summed E-state index contributed by atoms with van der Waals surface area (Å²) in [6, 6.07) is 29.0. The molecule has 7 nitrogen and oxygen atoms in total. The molecule has 0 saturated heterocycles. The zero-order valence-corrected chi connectivity index (χ0v) is 28.2. The highest BCUT2D eigenvalue weighted by molar-refractivity contribution is 7.98. The number of aryl methyl sites for hydroxylation is 1. The molecule has 45 heavy (non-hydrogen) atoms. The van der Waals surface area contributed by atoms with Gasteiger partial charge in [0.2, 0.25) is 11.8 Å². The molecular formula is C35H38ClN3O4S2. The van der Waals surface area contributed by atoms with Crippen LogP contribution in [0.1, 0.15) is 30.5 Å². The lowest BCUT2D eigenvalue weighted by molar-refractivity contribution is -0.140.